The third-order valence-corrected chi connectivity index (χ3v) is 4.18. The van der Waals surface area contributed by atoms with E-state index >= 15 is 0 Å². The predicted molar refractivity (Wildman–Crippen MR) is 95.7 cm³/mol. The lowest BCUT2D eigenvalue weighted by molar-refractivity contribution is -0.123. The van der Waals surface area contributed by atoms with E-state index in [2.05, 4.69) is 15.3 Å². The van der Waals surface area contributed by atoms with Gasteiger partial charge in [-0.1, -0.05) is 36.4 Å². The maximum Gasteiger partial charge on any atom is 0.274 e. The Morgan fingerprint density at radius 3 is 2.62 bits per heavy atom. The van der Waals surface area contributed by atoms with Gasteiger partial charge in [0.05, 0.1) is 6.54 Å². The Balaban J connectivity index is 1.76. The molecule has 0 saturated carbocycles. The van der Waals surface area contributed by atoms with Crippen molar-refractivity contribution in [2.75, 3.05) is 19.6 Å². The fourth-order valence-electron chi connectivity index (χ4n) is 2.92. The molecule has 1 aliphatic rings. The maximum absolute atomic E-state index is 12.8. The van der Waals surface area contributed by atoms with E-state index in [1.54, 1.807) is 17.0 Å². The lowest BCUT2D eigenvalue weighted by Gasteiger charge is -2.25. The summed E-state index contributed by atoms with van der Waals surface area (Å²) in [6.07, 6.45) is 3.38. The number of carbonyl (C=O) groups excluding carboxylic acids is 2. The fraction of sp³-hybridized carbons (Fsp3) is 0.158. The van der Waals surface area contributed by atoms with Crippen molar-refractivity contribution in [1.82, 2.24) is 24.8 Å². The summed E-state index contributed by atoms with van der Waals surface area (Å²) in [6, 6.07) is 15.2. The van der Waals surface area contributed by atoms with E-state index in [1.807, 2.05) is 48.5 Å². The van der Waals surface area contributed by atoms with Gasteiger partial charge in [-0.25, -0.2) is 9.97 Å². The van der Waals surface area contributed by atoms with Crippen molar-refractivity contribution in [2.45, 2.75) is 0 Å². The van der Waals surface area contributed by atoms with E-state index in [0.717, 1.165) is 5.56 Å². The molecular weight excluding hydrogens is 330 g/mol. The van der Waals surface area contributed by atoms with Crippen LogP contribution in [0.25, 0.3) is 17.2 Å². The summed E-state index contributed by atoms with van der Waals surface area (Å²) < 4.78 is 1.80. The molecule has 4 rings (SSSR count). The minimum Gasteiger partial charge on any atom is -0.353 e. The zero-order chi connectivity index (χ0) is 17.9. The maximum atomic E-state index is 12.8. The lowest BCUT2D eigenvalue weighted by atomic mass is 10.2. The van der Waals surface area contributed by atoms with Crippen LogP contribution in [0.4, 0.5) is 0 Å². The van der Waals surface area contributed by atoms with Gasteiger partial charge in [-0.05, 0) is 12.1 Å². The molecule has 2 aromatic heterocycles. The number of benzene rings is 1. The highest BCUT2D eigenvalue weighted by Crippen LogP contribution is 2.22. The molecule has 3 aromatic rings. The van der Waals surface area contributed by atoms with Crippen LogP contribution in [0.2, 0.25) is 0 Å². The Labute approximate surface area is 150 Å². The van der Waals surface area contributed by atoms with Gasteiger partial charge < -0.3 is 10.2 Å². The first-order valence-electron chi connectivity index (χ1n) is 8.34. The summed E-state index contributed by atoms with van der Waals surface area (Å²) in [5.41, 5.74) is 1.18. The molecule has 0 spiro atoms. The quantitative estimate of drug-likeness (QED) is 0.779. The molecule has 1 aromatic carbocycles. The normalized spacial score (nSPS) is 14.2. The highest BCUT2D eigenvalue weighted by Gasteiger charge is 2.25. The van der Waals surface area contributed by atoms with Gasteiger partial charge in [-0.2, -0.15) is 0 Å². The Morgan fingerprint density at radius 1 is 1.08 bits per heavy atom. The Morgan fingerprint density at radius 2 is 1.88 bits per heavy atom. The summed E-state index contributed by atoms with van der Waals surface area (Å²) in [5.74, 6) is 0.896. The molecule has 0 atom stereocenters. The fourth-order valence-corrected chi connectivity index (χ4v) is 2.92. The van der Waals surface area contributed by atoms with Crippen molar-refractivity contribution in [3.05, 3.63) is 66.6 Å². The molecule has 0 radical (unpaired) electrons. The standard InChI is InChI=1S/C19H17N5O2/c25-17-13-23(11-10-21-17)19(26)15-12-24(16-8-4-5-9-20-16)18(22-15)14-6-2-1-3-7-14/h1-9,12H,10-11,13H2,(H,21,25). The number of pyridine rings is 1. The van der Waals surface area contributed by atoms with Crippen LogP contribution in [0.5, 0.6) is 0 Å². The van der Waals surface area contributed by atoms with Crippen LogP contribution in [0, 0.1) is 0 Å². The monoisotopic (exact) mass is 347 g/mol. The van der Waals surface area contributed by atoms with Crippen LogP contribution >= 0.6 is 0 Å². The average molecular weight is 347 g/mol. The van der Waals surface area contributed by atoms with Gasteiger partial charge >= 0.3 is 0 Å². The van der Waals surface area contributed by atoms with Gasteiger partial charge in [0.25, 0.3) is 5.91 Å². The topological polar surface area (TPSA) is 80.1 Å². The molecular formula is C19H17N5O2. The van der Waals surface area contributed by atoms with Crippen LogP contribution in [0.3, 0.4) is 0 Å². The molecule has 130 valence electrons. The molecule has 1 fully saturated rings. The minimum absolute atomic E-state index is 0.0515. The van der Waals surface area contributed by atoms with E-state index in [4.69, 9.17) is 0 Å². The van der Waals surface area contributed by atoms with Crippen LogP contribution in [-0.4, -0.2) is 50.9 Å². The second-order valence-electron chi connectivity index (χ2n) is 5.95. The highest BCUT2D eigenvalue weighted by atomic mass is 16.2. The van der Waals surface area contributed by atoms with Crippen LogP contribution in [0.1, 0.15) is 10.5 Å². The third-order valence-electron chi connectivity index (χ3n) is 4.18. The van der Waals surface area contributed by atoms with E-state index in [-0.39, 0.29) is 18.4 Å². The number of carbonyl (C=O) groups is 2. The highest BCUT2D eigenvalue weighted by molar-refractivity contribution is 5.96. The molecule has 1 N–H and O–H groups in total. The molecule has 7 nitrogen and oxygen atoms in total. The lowest BCUT2D eigenvalue weighted by Crippen LogP contribution is -2.50. The molecule has 0 unspecified atom stereocenters. The number of nitrogens with zero attached hydrogens (tertiary/aromatic N) is 4. The SMILES string of the molecule is O=C1CN(C(=O)c2cn(-c3ccccn3)c(-c3ccccc3)n2)CCN1. The van der Waals surface area contributed by atoms with Crippen molar-refractivity contribution in [3.63, 3.8) is 0 Å². The van der Waals surface area contributed by atoms with E-state index in [0.29, 0.717) is 30.4 Å². The molecule has 7 heteroatoms. The number of hydrogen-bond donors (Lipinski definition) is 1. The van der Waals surface area contributed by atoms with Gasteiger partial charge in [-0.15, -0.1) is 0 Å². The van der Waals surface area contributed by atoms with E-state index < -0.39 is 0 Å². The van der Waals surface area contributed by atoms with Crippen molar-refractivity contribution in [3.8, 4) is 17.2 Å². The van der Waals surface area contributed by atoms with Crippen molar-refractivity contribution in [2.24, 2.45) is 0 Å². The first kappa shape index (κ1) is 16.0. The van der Waals surface area contributed by atoms with Crippen molar-refractivity contribution < 1.29 is 9.59 Å². The summed E-state index contributed by atoms with van der Waals surface area (Å²) >= 11 is 0. The Kier molecular flexibility index (Phi) is 4.18. The molecule has 1 aliphatic heterocycles. The predicted octanol–water partition coefficient (Wildman–Crippen LogP) is 1.51. The second-order valence-corrected chi connectivity index (χ2v) is 5.95. The zero-order valence-corrected chi connectivity index (χ0v) is 14.0. The second kappa shape index (κ2) is 6.79. The molecule has 0 bridgehead atoms. The molecule has 2 amide bonds. The largest absolute Gasteiger partial charge is 0.353 e. The Bertz CT molecular complexity index is 880. The van der Waals surface area contributed by atoms with E-state index in [1.165, 1.54) is 4.90 Å². The van der Waals surface area contributed by atoms with Gasteiger partial charge in [0, 0.05) is 31.0 Å². The van der Waals surface area contributed by atoms with Crippen LogP contribution in [-0.2, 0) is 4.79 Å². The number of hydrogen-bond acceptors (Lipinski definition) is 4. The van der Waals surface area contributed by atoms with Gasteiger partial charge in [0.2, 0.25) is 5.91 Å². The third kappa shape index (κ3) is 3.06. The van der Waals surface area contributed by atoms with Crippen molar-refractivity contribution >= 4 is 11.8 Å². The van der Waals surface area contributed by atoms with Gasteiger partial charge in [-0.3, -0.25) is 14.2 Å². The summed E-state index contributed by atoms with van der Waals surface area (Å²) in [4.78, 5) is 34.8. The molecule has 26 heavy (non-hydrogen) atoms. The molecule has 3 heterocycles. The number of piperazine rings is 1. The number of rotatable bonds is 3. The smallest absolute Gasteiger partial charge is 0.274 e. The van der Waals surface area contributed by atoms with Crippen LogP contribution in [0.15, 0.2) is 60.9 Å². The molecule has 1 saturated heterocycles. The average Bonchev–Trinajstić information content (AvgIpc) is 3.14. The number of imidazole rings is 1. The minimum atomic E-state index is -0.258. The first-order valence-corrected chi connectivity index (χ1v) is 8.34. The number of aromatic nitrogens is 3. The summed E-state index contributed by atoms with van der Waals surface area (Å²) in [5, 5.41) is 2.72. The van der Waals surface area contributed by atoms with Crippen molar-refractivity contribution in [1.29, 1.82) is 0 Å². The zero-order valence-electron chi connectivity index (χ0n) is 14.0. The van der Waals surface area contributed by atoms with Gasteiger partial charge in [0.1, 0.15) is 17.3 Å². The number of amides is 2. The Hall–Kier alpha value is -3.48. The first-order chi connectivity index (χ1) is 12.7. The van der Waals surface area contributed by atoms with E-state index in [9.17, 15) is 9.59 Å². The number of nitrogens with one attached hydrogen (secondary N) is 1. The van der Waals surface area contributed by atoms with Crippen LogP contribution < -0.4 is 5.32 Å². The van der Waals surface area contributed by atoms with Gasteiger partial charge in [0.15, 0.2) is 0 Å². The summed E-state index contributed by atoms with van der Waals surface area (Å²) in [6.45, 7) is 0.981. The summed E-state index contributed by atoms with van der Waals surface area (Å²) in [7, 11) is 0. The molecule has 0 aliphatic carbocycles.